The molecule has 4 N–H and O–H groups in total. The summed E-state index contributed by atoms with van der Waals surface area (Å²) in [6.07, 6.45) is 1.24. The molecule has 0 aliphatic heterocycles. The minimum atomic E-state index is -1.62. The van der Waals surface area contributed by atoms with E-state index in [2.05, 4.69) is 10.3 Å². The molecule has 0 aromatic carbocycles. The Morgan fingerprint density at radius 1 is 1.44 bits per heavy atom. The molecule has 0 bridgehead atoms. The van der Waals surface area contributed by atoms with Crippen molar-refractivity contribution in [2.45, 2.75) is 6.92 Å². The monoisotopic (exact) mass is 223 g/mol. The second kappa shape index (κ2) is 4.39. The normalized spacial score (nSPS) is 9.56. The molecule has 0 saturated carbocycles. The first-order chi connectivity index (χ1) is 7.41. The van der Waals surface area contributed by atoms with Gasteiger partial charge in [0.1, 0.15) is 0 Å². The number of nitrogens with zero attached hydrogens (tertiary/aromatic N) is 1. The zero-order valence-corrected chi connectivity index (χ0v) is 8.35. The highest BCUT2D eigenvalue weighted by molar-refractivity contribution is 6.36. The van der Waals surface area contributed by atoms with Crippen molar-refractivity contribution in [3.8, 4) is 0 Å². The summed E-state index contributed by atoms with van der Waals surface area (Å²) >= 11 is 0. The second-order valence-corrected chi connectivity index (χ2v) is 2.98. The van der Waals surface area contributed by atoms with E-state index in [1.54, 1.807) is 6.92 Å². The van der Waals surface area contributed by atoms with Crippen molar-refractivity contribution in [2.24, 2.45) is 5.73 Å². The van der Waals surface area contributed by atoms with Crippen molar-refractivity contribution in [3.05, 3.63) is 23.5 Å². The van der Waals surface area contributed by atoms with Gasteiger partial charge in [-0.15, -0.1) is 0 Å². The highest BCUT2D eigenvalue weighted by Crippen LogP contribution is 2.11. The number of primary amides is 1. The lowest BCUT2D eigenvalue weighted by Crippen LogP contribution is -2.22. The summed E-state index contributed by atoms with van der Waals surface area (Å²) in [6.45, 7) is 1.57. The van der Waals surface area contributed by atoms with Crippen LogP contribution in [-0.4, -0.2) is 27.9 Å². The number of pyridine rings is 1. The SMILES string of the molecule is Cc1ncc(NC(=O)C(=O)O)cc1C(N)=O. The molecule has 0 radical (unpaired) electrons. The van der Waals surface area contributed by atoms with E-state index < -0.39 is 17.8 Å². The van der Waals surface area contributed by atoms with Gasteiger partial charge >= 0.3 is 11.9 Å². The van der Waals surface area contributed by atoms with E-state index in [1.165, 1.54) is 12.3 Å². The number of carboxylic acids is 1. The van der Waals surface area contributed by atoms with Gasteiger partial charge < -0.3 is 16.2 Å². The third-order valence-electron chi connectivity index (χ3n) is 1.80. The molecule has 0 unspecified atom stereocenters. The molecular formula is C9H9N3O4. The number of aromatic nitrogens is 1. The number of hydrogen-bond acceptors (Lipinski definition) is 4. The van der Waals surface area contributed by atoms with Gasteiger partial charge in [-0.3, -0.25) is 14.6 Å². The van der Waals surface area contributed by atoms with Crippen LogP contribution < -0.4 is 11.1 Å². The van der Waals surface area contributed by atoms with Crippen molar-refractivity contribution < 1.29 is 19.5 Å². The third kappa shape index (κ3) is 2.53. The summed E-state index contributed by atoms with van der Waals surface area (Å²) in [5.74, 6) is -3.53. The van der Waals surface area contributed by atoms with Gasteiger partial charge in [-0.1, -0.05) is 0 Å². The predicted octanol–water partition coefficient (Wildman–Crippen LogP) is -0.488. The molecule has 0 aliphatic carbocycles. The number of amides is 2. The second-order valence-electron chi connectivity index (χ2n) is 2.98. The zero-order valence-electron chi connectivity index (χ0n) is 8.35. The molecule has 0 aliphatic rings. The third-order valence-corrected chi connectivity index (χ3v) is 1.80. The van der Waals surface area contributed by atoms with E-state index in [9.17, 15) is 14.4 Å². The number of carbonyl (C=O) groups excluding carboxylic acids is 2. The van der Waals surface area contributed by atoms with Crippen molar-refractivity contribution in [3.63, 3.8) is 0 Å². The summed E-state index contributed by atoms with van der Waals surface area (Å²) in [5.41, 5.74) is 5.70. The van der Waals surface area contributed by atoms with E-state index in [-0.39, 0.29) is 11.3 Å². The Morgan fingerprint density at radius 3 is 2.56 bits per heavy atom. The Morgan fingerprint density at radius 2 is 2.06 bits per heavy atom. The van der Waals surface area contributed by atoms with Crippen molar-refractivity contribution in [1.82, 2.24) is 4.98 Å². The number of carbonyl (C=O) groups is 3. The van der Waals surface area contributed by atoms with Gasteiger partial charge in [-0.25, -0.2) is 4.79 Å². The van der Waals surface area contributed by atoms with E-state index in [0.717, 1.165) is 0 Å². The van der Waals surface area contributed by atoms with Gasteiger partial charge in [0.15, 0.2) is 0 Å². The van der Waals surface area contributed by atoms with E-state index in [4.69, 9.17) is 10.8 Å². The highest BCUT2D eigenvalue weighted by atomic mass is 16.4. The summed E-state index contributed by atoms with van der Waals surface area (Å²) in [7, 11) is 0. The minimum absolute atomic E-state index is 0.104. The zero-order chi connectivity index (χ0) is 12.3. The van der Waals surface area contributed by atoms with Crippen molar-refractivity contribution in [1.29, 1.82) is 0 Å². The van der Waals surface area contributed by atoms with Crippen LogP contribution in [0.5, 0.6) is 0 Å². The Bertz CT molecular complexity index is 470. The molecule has 7 heteroatoms. The van der Waals surface area contributed by atoms with Gasteiger partial charge in [0, 0.05) is 0 Å². The molecule has 2 amide bonds. The lowest BCUT2D eigenvalue weighted by atomic mass is 10.2. The molecule has 84 valence electrons. The number of hydrogen-bond donors (Lipinski definition) is 3. The average Bonchev–Trinajstić information content (AvgIpc) is 2.20. The number of nitrogens with two attached hydrogens (primary N) is 1. The molecular weight excluding hydrogens is 214 g/mol. The van der Waals surface area contributed by atoms with Crippen LogP contribution in [0.25, 0.3) is 0 Å². The van der Waals surface area contributed by atoms with Gasteiger partial charge in [0.25, 0.3) is 5.91 Å². The fourth-order valence-electron chi connectivity index (χ4n) is 1.04. The fourth-order valence-corrected chi connectivity index (χ4v) is 1.04. The first-order valence-corrected chi connectivity index (χ1v) is 4.22. The highest BCUT2D eigenvalue weighted by Gasteiger charge is 2.13. The average molecular weight is 223 g/mol. The molecule has 0 spiro atoms. The maximum Gasteiger partial charge on any atom is 0.394 e. The molecule has 0 fully saturated rings. The Labute approximate surface area is 90.3 Å². The van der Waals surface area contributed by atoms with Gasteiger partial charge in [0.05, 0.1) is 23.1 Å². The molecule has 1 heterocycles. The molecule has 1 aromatic heterocycles. The van der Waals surface area contributed by atoms with E-state index in [1.807, 2.05) is 0 Å². The van der Waals surface area contributed by atoms with Crippen LogP contribution in [0.3, 0.4) is 0 Å². The van der Waals surface area contributed by atoms with Crippen LogP contribution in [0.2, 0.25) is 0 Å². The lowest BCUT2D eigenvalue weighted by Gasteiger charge is -2.05. The Kier molecular flexibility index (Phi) is 3.19. The molecule has 7 nitrogen and oxygen atoms in total. The summed E-state index contributed by atoms with van der Waals surface area (Å²) in [4.78, 5) is 35.8. The van der Waals surface area contributed by atoms with Crippen LogP contribution in [0.1, 0.15) is 16.1 Å². The fraction of sp³-hybridized carbons (Fsp3) is 0.111. The Hall–Kier alpha value is -2.44. The molecule has 1 aromatic rings. The molecule has 1 rings (SSSR count). The maximum atomic E-state index is 10.9. The topological polar surface area (TPSA) is 122 Å². The number of anilines is 1. The molecule has 0 saturated heterocycles. The minimum Gasteiger partial charge on any atom is -0.474 e. The van der Waals surface area contributed by atoms with Crippen LogP contribution >= 0.6 is 0 Å². The first-order valence-electron chi connectivity index (χ1n) is 4.22. The summed E-state index contributed by atoms with van der Waals surface area (Å²) in [5, 5.41) is 10.4. The largest absolute Gasteiger partial charge is 0.474 e. The summed E-state index contributed by atoms with van der Waals surface area (Å²) < 4.78 is 0. The molecule has 16 heavy (non-hydrogen) atoms. The standard InChI is InChI=1S/C9H9N3O4/c1-4-6(7(10)13)2-5(3-11-4)12-8(14)9(15)16/h2-3H,1H3,(H2,10,13)(H,12,14)(H,15,16). The van der Waals surface area contributed by atoms with Gasteiger partial charge in [-0.2, -0.15) is 0 Å². The van der Waals surface area contributed by atoms with Crippen LogP contribution in [0, 0.1) is 6.92 Å². The van der Waals surface area contributed by atoms with Crippen LogP contribution in [-0.2, 0) is 9.59 Å². The van der Waals surface area contributed by atoms with Crippen molar-refractivity contribution in [2.75, 3.05) is 5.32 Å². The molecule has 0 atom stereocenters. The Balaban J connectivity index is 3.00. The van der Waals surface area contributed by atoms with Crippen LogP contribution in [0.15, 0.2) is 12.3 Å². The quantitative estimate of drug-likeness (QED) is 0.584. The maximum absolute atomic E-state index is 10.9. The number of nitrogens with one attached hydrogen (secondary N) is 1. The van der Waals surface area contributed by atoms with Crippen molar-refractivity contribution >= 4 is 23.5 Å². The number of rotatable bonds is 2. The van der Waals surface area contributed by atoms with Crippen LogP contribution in [0.4, 0.5) is 5.69 Å². The summed E-state index contributed by atoms with van der Waals surface area (Å²) in [6, 6.07) is 1.27. The predicted molar refractivity (Wildman–Crippen MR) is 53.8 cm³/mol. The number of carboxylic acid groups (broad SMARTS) is 1. The number of aryl methyl sites for hydroxylation is 1. The van der Waals surface area contributed by atoms with Gasteiger partial charge in [-0.05, 0) is 13.0 Å². The van der Waals surface area contributed by atoms with Gasteiger partial charge in [0.2, 0.25) is 0 Å². The van der Waals surface area contributed by atoms with E-state index >= 15 is 0 Å². The number of aliphatic carboxylic acids is 1. The lowest BCUT2D eigenvalue weighted by molar-refractivity contribution is -0.147. The first kappa shape index (κ1) is 11.6. The smallest absolute Gasteiger partial charge is 0.394 e. The van der Waals surface area contributed by atoms with E-state index in [0.29, 0.717) is 5.69 Å².